The van der Waals surface area contributed by atoms with Gasteiger partial charge in [0, 0.05) is 0 Å². The molecule has 0 saturated carbocycles. The second kappa shape index (κ2) is 2.97. The van der Waals surface area contributed by atoms with Gasteiger partial charge < -0.3 is 4.89 Å². The normalized spacial score (nSPS) is 28.3. The Kier molecular flexibility index (Phi) is 2.38. The third-order valence-corrected chi connectivity index (χ3v) is 1.40. The van der Waals surface area contributed by atoms with Gasteiger partial charge in [0.05, 0.1) is 0 Å². The minimum absolute atomic E-state index is 2.70. The van der Waals surface area contributed by atoms with Crippen LogP contribution >= 0.6 is 0 Å². The molecule has 0 aromatic heterocycles. The minimum atomic E-state index is -6.11. The molecule has 1 unspecified atom stereocenters. The molecule has 0 amide bonds. The molecule has 1 atom stereocenters. The number of halogens is 8. The highest BCUT2D eigenvalue weighted by Crippen LogP contribution is 2.52. The maximum absolute atomic E-state index is 12.7. The van der Waals surface area contributed by atoms with E-state index >= 15 is 0 Å². The summed E-state index contributed by atoms with van der Waals surface area (Å²) < 4.78 is 95.9. The molecule has 1 rings (SSSR count). The number of rotatable bonds is 0. The maximum atomic E-state index is 12.7. The van der Waals surface area contributed by atoms with E-state index in [2.05, 4.69) is 9.78 Å². The van der Waals surface area contributed by atoms with E-state index in [-0.39, 0.29) is 0 Å². The van der Waals surface area contributed by atoms with Crippen LogP contribution in [-0.2, 0) is 9.78 Å². The van der Waals surface area contributed by atoms with E-state index in [0.29, 0.717) is 0 Å². The Hall–Kier alpha value is -1.06. The standard InChI is InChI=1S/C5F8O2/c6-2-1(4(8,9)10)3(7,15-14-2)5(11,12)13. The van der Waals surface area contributed by atoms with E-state index in [1.54, 1.807) is 0 Å². The molecular formula is C5F8O2. The first-order chi connectivity index (χ1) is 6.50. The Balaban J connectivity index is 3.27. The predicted octanol–water partition coefficient (Wildman–Crippen LogP) is 2.92. The molecule has 0 bridgehead atoms. The van der Waals surface area contributed by atoms with Crippen molar-refractivity contribution in [3.05, 3.63) is 11.6 Å². The third kappa shape index (κ3) is 1.73. The molecule has 0 radical (unpaired) electrons. The minimum Gasteiger partial charge on any atom is -0.302 e. The van der Waals surface area contributed by atoms with Crippen molar-refractivity contribution in [1.82, 2.24) is 0 Å². The molecule has 1 aliphatic heterocycles. The first kappa shape index (κ1) is 12.0. The smallest absolute Gasteiger partial charge is 0.302 e. The summed E-state index contributed by atoms with van der Waals surface area (Å²) in [5.74, 6) is -5.34. The van der Waals surface area contributed by atoms with Gasteiger partial charge in [-0.25, -0.2) is 0 Å². The van der Waals surface area contributed by atoms with Crippen molar-refractivity contribution in [2.75, 3.05) is 0 Å². The highest BCUT2D eigenvalue weighted by molar-refractivity contribution is 5.24. The van der Waals surface area contributed by atoms with Gasteiger partial charge in [0.2, 0.25) is 0 Å². The lowest BCUT2D eigenvalue weighted by Crippen LogP contribution is -2.46. The van der Waals surface area contributed by atoms with E-state index in [9.17, 15) is 35.1 Å². The van der Waals surface area contributed by atoms with E-state index in [4.69, 9.17) is 0 Å². The fourth-order valence-corrected chi connectivity index (χ4v) is 0.786. The SMILES string of the molecule is FC1=C(C(F)(F)F)C(F)(C(F)(F)F)OO1. The van der Waals surface area contributed by atoms with Crippen LogP contribution in [0.1, 0.15) is 0 Å². The van der Waals surface area contributed by atoms with Gasteiger partial charge in [-0.1, -0.05) is 0 Å². The molecule has 0 saturated heterocycles. The fourth-order valence-electron chi connectivity index (χ4n) is 0.786. The van der Waals surface area contributed by atoms with Crippen LogP contribution in [0.5, 0.6) is 0 Å². The van der Waals surface area contributed by atoms with Gasteiger partial charge in [-0.3, -0.25) is 0 Å². The summed E-state index contributed by atoms with van der Waals surface area (Å²) in [5.41, 5.74) is -3.19. The predicted molar refractivity (Wildman–Crippen MR) is 26.3 cm³/mol. The van der Waals surface area contributed by atoms with Gasteiger partial charge in [0.15, 0.2) is 5.57 Å². The molecule has 1 aliphatic rings. The highest BCUT2D eigenvalue weighted by Gasteiger charge is 2.73. The molecule has 0 N–H and O–H groups in total. The summed E-state index contributed by atoms with van der Waals surface area (Å²) in [4.78, 5) is 5.53. The molecule has 0 aliphatic carbocycles. The monoisotopic (exact) mass is 244 g/mol. The Morgan fingerprint density at radius 3 is 1.73 bits per heavy atom. The summed E-state index contributed by atoms with van der Waals surface area (Å²) in [7, 11) is 0. The summed E-state index contributed by atoms with van der Waals surface area (Å²) in [5, 5.41) is 0. The van der Waals surface area contributed by atoms with E-state index in [1.165, 1.54) is 0 Å². The van der Waals surface area contributed by atoms with Gasteiger partial charge in [0.25, 0.3) is 0 Å². The summed E-state index contributed by atoms with van der Waals surface area (Å²) in [6, 6.07) is -2.80. The Morgan fingerprint density at radius 1 is 1.00 bits per heavy atom. The lowest BCUT2D eigenvalue weighted by molar-refractivity contribution is -0.422. The lowest BCUT2D eigenvalue weighted by Gasteiger charge is -2.22. The van der Waals surface area contributed by atoms with E-state index in [0.717, 1.165) is 0 Å². The molecule has 88 valence electrons. The van der Waals surface area contributed by atoms with Gasteiger partial charge in [0.1, 0.15) is 0 Å². The van der Waals surface area contributed by atoms with Crippen LogP contribution in [0, 0.1) is 0 Å². The van der Waals surface area contributed by atoms with Crippen LogP contribution < -0.4 is 0 Å². The fraction of sp³-hybridized carbons (Fsp3) is 0.600. The van der Waals surface area contributed by atoms with Crippen LogP contribution in [0.15, 0.2) is 11.6 Å². The van der Waals surface area contributed by atoms with Gasteiger partial charge in [-0.2, -0.15) is 35.1 Å². The van der Waals surface area contributed by atoms with Crippen molar-refractivity contribution < 1.29 is 44.9 Å². The number of hydrogen-bond donors (Lipinski definition) is 0. The van der Waals surface area contributed by atoms with Crippen LogP contribution in [-0.4, -0.2) is 18.2 Å². The summed E-state index contributed by atoms with van der Waals surface area (Å²) in [6.07, 6.45) is -12.0. The second-order valence-electron chi connectivity index (χ2n) is 2.41. The average Bonchev–Trinajstić information content (AvgIpc) is 2.24. The topological polar surface area (TPSA) is 18.5 Å². The zero-order valence-electron chi connectivity index (χ0n) is 6.34. The molecule has 0 aromatic rings. The van der Waals surface area contributed by atoms with Crippen molar-refractivity contribution in [3.63, 3.8) is 0 Å². The van der Waals surface area contributed by atoms with Crippen LogP contribution in [0.2, 0.25) is 0 Å². The molecule has 10 heteroatoms. The zero-order chi connectivity index (χ0) is 12.1. The van der Waals surface area contributed by atoms with Crippen LogP contribution in [0.3, 0.4) is 0 Å². The molecule has 0 spiro atoms. The number of hydrogen-bond acceptors (Lipinski definition) is 2. The summed E-state index contributed by atoms with van der Waals surface area (Å²) >= 11 is 0. The van der Waals surface area contributed by atoms with Gasteiger partial charge >= 0.3 is 24.2 Å². The molecule has 1 heterocycles. The van der Waals surface area contributed by atoms with Crippen molar-refractivity contribution in [2.45, 2.75) is 18.2 Å². The third-order valence-electron chi connectivity index (χ3n) is 1.40. The van der Waals surface area contributed by atoms with Crippen molar-refractivity contribution >= 4 is 0 Å². The van der Waals surface area contributed by atoms with Crippen LogP contribution in [0.4, 0.5) is 35.1 Å². The quantitative estimate of drug-likeness (QED) is 0.481. The van der Waals surface area contributed by atoms with E-state index in [1.807, 2.05) is 0 Å². The van der Waals surface area contributed by atoms with Gasteiger partial charge in [-0.15, -0.1) is 4.89 Å². The first-order valence-electron chi connectivity index (χ1n) is 3.09. The highest BCUT2D eigenvalue weighted by atomic mass is 19.4. The second-order valence-corrected chi connectivity index (χ2v) is 2.41. The molecule has 0 fully saturated rings. The maximum Gasteiger partial charge on any atom is 0.457 e. The Bertz CT molecular complexity index is 301. The largest absolute Gasteiger partial charge is 0.457 e. The molecular weight excluding hydrogens is 244 g/mol. The average molecular weight is 244 g/mol. The van der Waals surface area contributed by atoms with Gasteiger partial charge in [-0.05, 0) is 0 Å². The summed E-state index contributed by atoms with van der Waals surface area (Å²) in [6.45, 7) is 0. The van der Waals surface area contributed by atoms with Crippen molar-refractivity contribution in [1.29, 1.82) is 0 Å². The molecule has 0 aromatic carbocycles. The Morgan fingerprint density at radius 2 is 1.47 bits per heavy atom. The van der Waals surface area contributed by atoms with E-state index < -0.39 is 29.8 Å². The number of alkyl halides is 7. The molecule has 2 nitrogen and oxygen atoms in total. The molecule has 15 heavy (non-hydrogen) atoms. The van der Waals surface area contributed by atoms with Crippen LogP contribution in [0.25, 0.3) is 0 Å². The first-order valence-corrected chi connectivity index (χ1v) is 3.09. The van der Waals surface area contributed by atoms with Crippen molar-refractivity contribution in [2.24, 2.45) is 0 Å². The lowest BCUT2D eigenvalue weighted by atomic mass is 10.1. The van der Waals surface area contributed by atoms with Crippen molar-refractivity contribution in [3.8, 4) is 0 Å². The zero-order valence-corrected chi connectivity index (χ0v) is 6.34. The Labute approximate surface area is 76.0 Å².